The maximum atomic E-state index is 11.7. The van der Waals surface area contributed by atoms with Gasteiger partial charge in [-0.3, -0.25) is 4.79 Å². The minimum absolute atomic E-state index is 0.110. The van der Waals surface area contributed by atoms with Gasteiger partial charge in [0.15, 0.2) is 0 Å². The van der Waals surface area contributed by atoms with Gasteiger partial charge in [-0.1, -0.05) is 6.92 Å². The van der Waals surface area contributed by atoms with E-state index in [4.69, 9.17) is 9.84 Å². The van der Waals surface area contributed by atoms with Crippen molar-refractivity contribution < 1.29 is 19.4 Å². The van der Waals surface area contributed by atoms with E-state index in [1.807, 2.05) is 6.92 Å². The first kappa shape index (κ1) is 13.0. The van der Waals surface area contributed by atoms with Crippen LogP contribution in [0.2, 0.25) is 0 Å². The molecule has 0 spiro atoms. The molecule has 16 heavy (non-hydrogen) atoms. The summed E-state index contributed by atoms with van der Waals surface area (Å²) in [7, 11) is 0. The Morgan fingerprint density at radius 1 is 1.44 bits per heavy atom. The number of rotatable bonds is 6. The summed E-state index contributed by atoms with van der Waals surface area (Å²) < 4.78 is 5.21. The van der Waals surface area contributed by atoms with Crippen LogP contribution in [-0.2, 0) is 14.3 Å². The highest BCUT2D eigenvalue weighted by Gasteiger charge is 2.33. The third-order valence-electron chi connectivity index (χ3n) is 2.67. The van der Waals surface area contributed by atoms with Crippen molar-refractivity contribution in [3.8, 4) is 0 Å². The minimum Gasteiger partial charge on any atom is -0.480 e. The van der Waals surface area contributed by atoms with Crippen molar-refractivity contribution in [2.45, 2.75) is 38.6 Å². The molecule has 1 aliphatic rings. The summed E-state index contributed by atoms with van der Waals surface area (Å²) in [6.07, 6.45) is 2.55. The van der Waals surface area contributed by atoms with Gasteiger partial charge in [0.1, 0.15) is 6.04 Å². The lowest BCUT2D eigenvalue weighted by molar-refractivity contribution is -0.148. The Labute approximate surface area is 95.4 Å². The molecule has 0 bridgehead atoms. The monoisotopic (exact) mass is 229 g/mol. The first-order valence-corrected chi connectivity index (χ1v) is 5.76. The lowest BCUT2D eigenvalue weighted by Gasteiger charge is -2.21. The maximum Gasteiger partial charge on any atom is 0.326 e. The molecule has 0 aliphatic carbocycles. The third kappa shape index (κ3) is 3.48. The van der Waals surface area contributed by atoms with Crippen molar-refractivity contribution >= 4 is 11.9 Å². The molecule has 1 heterocycles. The third-order valence-corrected chi connectivity index (χ3v) is 2.67. The molecule has 92 valence electrons. The van der Waals surface area contributed by atoms with Crippen molar-refractivity contribution in [1.82, 2.24) is 4.90 Å². The van der Waals surface area contributed by atoms with Crippen molar-refractivity contribution in [2.24, 2.45) is 0 Å². The maximum absolute atomic E-state index is 11.7. The normalized spacial score (nSPS) is 20.1. The summed E-state index contributed by atoms with van der Waals surface area (Å²) in [5.74, 6) is -1.01. The standard InChI is InChI=1S/C11H19NO4/c1-2-7-16-8-5-10(13)12-6-3-4-9(12)11(14)15/h9H,2-8H2,1H3,(H,14,15)/t9-/m1/s1. The second kappa shape index (κ2) is 6.48. The molecule has 1 atom stereocenters. The van der Waals surface area contributed by atoms with Crippen molar-refractivity contribution in [2.75, 3.05) is 19.8 Å². The Morgan fingerprint density at radius 3 is 2.81 bits per heavy atom. The molecule has 1 fully saturated rings. The number of hydrogen-bond acceptors (Lipinski definition) is 3. The van der Waals surface area contributed by atoms with Crippen LogP contribution in [-0.4, -0.2) is 47.7 Å². The number of carboxylic acid groups (broad SMARTS) is 1. The van der Waals surface area contributed by atoms with E-state index >= 15 is 0 Å². The quantitative estimate of drug-likeness (QED) is 0.686. The number of ether oxygens (including phenoxy) is 1. The van der Waals surface area contributed by atoms with Crippen LogP contribution in [0.1, 0.15) is 32.6 Å². The van der Waals surface area contributed by atoms with Crippen LogP contribution in [0.5, 0.6) is 0 Å². The number of likely N-dealkylation sites (tertiary alicyclic amines) is 1. The van der Waals surface area contributed by atoms with Gasteiger partial charge in [0.2, 0.25) is 5.91 Å². The van der Waals surface area contributed by atoms with Gasteiger partial charge in [0, 0.05) is 13.2 Å². The van der Waals surface area contributed by atoms with E-state index in [1.165, 1.54) is 4.90 Å². The molecule has 1 N–H and O–H groups in total. The number of carboxylic acids is 1. The highest BCUT2D eigenvalue weighted by Crippen LogP contribution is 2.18. The zero-order valence-corrected chi connectivity index (χ0v) is 9.65. The van der Waals surface area contributed by atoms with Crippen molar-refractivity contribution in [3.63, 3.8) is 0 Å². The summed E-state index contributed by atoms with van der Waals surface area (Å²) in [4.78, 5) is 24.0. The predicted molar refractivity (Wildman–Crippen MR) is 58.1 cm³/mol. The zero-order valence-electron chi connectivity index (χ0n) is 9.65. The van der Waals surface area contributed by atoms with E-state index < -0.39 is 12.0 Å². The van der Waals surface area contributed by atoms with E-state index in [-0.39, 0.29) is 12.3 Å². The van der Waals surface area contributed by atoms with E-state index in [0.717, 1.165) is 12.8 Å². The van der Waals surface area contributed by atoms with Gasteiger partial charge in [-0.05, 0) is 19.3 Å². The summed E-state index contributed by atoms with van der Waals surface area (Å²) in [6, 6.07) is -0.626. The van der Waals surface area contributed by atoms with Crippen molar-refractivity contribution in [1.29, 1.82) is 0 Å². The van der Waals surface area contributed by atoms with Crippen LogP contribution in [0.15, 0.2) is 0 Å². The number of aliphatic carboxylic acids is 1. The van der Waals surface area contributed by atoms with E-state index in [2.05, 4.69) is 0 Å². The molecule has 0 aromatic heterocycles. The molecule has 0 saturated carbocycles. The summed E-state index contributed by atoms with van der Waals surface area (Å²) in [6.45, 7) is 3.59. The van der Waals surface area contributed by atoms with E-state index in [0.29, 0.717) is 26.2 Å². The van der Waals surface area contributed by atoms with Gasteiger partial charge >= 0.3 is 5.97 Å². The van der Waals surface area contributed by atoms with Crippen LogP contribution in [0.25, 0.3) is 0 Å². The topological polar surface area (TPSA) is 66.8 Å². The Morgan fingerprint density at radius 2 is 2.19 bits per heavy atom. The smallest absolute Gasteiger partial charge is 0.326 e. The summed E-state index contributed by atoms with van der Waals surface area (Å²) in [5, 5.41) is 8.92. The van der Waals surface area contributed by atoms with Crippen LogP contribution < -0.4 is 0 Å². The molecular weight excluding hydrogens is 210 g/mol. The molecule has 5 heteroatoms. The second-order valence-electron chi connectivity index (χ2n) is 3.95. The fourth-order valence-electron chi connectivity index (χ4n) is 1.87. The lowest BCUT2D eigenvalue weighted by atomic mass is 10.2. The Kier molecular flexibility index (Phi) is 5.25. The Bertz CT molecular complexity index is 254. The number of amides is 1. The van der Waals surface area contributed by atoms with Gasteiger partial charge in [-0.15, -0.1) is 0 Å². The summed E-state index contributed by atoms with van der Waals surface area (Å²) in [5.41, 5.74) is 0. The highest BCUT2D eigenvalue weighted by molar-refractivity contribution is 5.84. The van der Waals surface area contributed by atoms with Crippen LogP contribution in [0, 0.1) is 0 Å². The minimum atomic E-state index is -0.902. The van der Waals surface area contributed by atoms with Gasteiger partial charge in [0.25, 0.3) is 0 Å². The SMILES string of the molecule is CCCOCCC(=O)N1CCC[C@@H]1C(=O)O. The van der Waals surface area contributed by atoms with Crippen LogP contribution in [0.4, 0.5) is 0 Å². The van der Waals surface area contributed by atoms with Gasteiger partial charge in [0.05, 0.1) is 13.0 Å². The Balaban J connectivity index is 2.32. The molecule has 0 unspecified atom stereocenters. The first-order chi connectivity index (χ1) is 7.66. The van der Waals surface area contributed by atoms with Gasteiger partial charge < -0.3 is 14.7 Å². The summed E-state index contributed by atoms with van der Waals surface area (Å²) >= 11 is 0. The average Bonchev–Trinajstić information content (AvgIpc) is 2.73. The second-order valence-corrected chi connectivity index (χ2v) is 3.95. The molecule has 1 rings (SSSR count). The number of hydrogen-bond donors (Lipinski definition) is 1. The lowest BCUT2D eigenvalue weighted by Crippen LogP contribution is -2.40. The van der Waals surface area contributed by atoms with Crippen LogP contribution in [0.3, 0.4) is 0 Å². The van der Waals surface area contributed by atoms with E-state index in [1.54, 1.807) is 0 Å². The molecule has 5 nitrogen and oxygen atoms in total. The number of carbonyl (C=O) groups excluding carboxylic acids is 1. The molecule has 1 saturated heterocycles. The zero-order chi connectivity index (χ0) is 12.0. The first-order valence-electron chi connectivity index (χ1n) is 5.76. The molecule has 0 aromatic rings. The molecular formula is C11H19NO4. The largest absolute Gasteiger partial charge is 0.480 e. The van der Waals surface area contributed by atoms with Crippen molar-refractivity contribution in [3.05, 3.63) is 0 Å². The van der Waals surface area contributed by atoms with E-state index in [9.17, 15) is 9.59 Å². The molecule has 1 amide bonds. The number of nitrogens with zero attached hydrogens (tertiary/aromatic N) is 1. The van der Waals surface area contributed by atoms with Gasteiger partial charge in [-0.2, -0.15) is 0 Å². The fraction of sp³-hybridized carbons (Fsp3) is 0.818. The predicted octanol–water partition coefficient (Wildman–Crippen LogP) is 0.879. The molecule has 1 aliphatic heterocycles. The molecule has 0 radical (unpaired) electrons. The fourth-order valence-corrected chi connectivity index (χ4v) is 1.87. The molecule has 0 aromatic carbocycles. The van der Waals surface area contributed by atoms with Gasteiger partial charge in [-0.25, -0.2) is 4.79 Å². The Hall–Kier alpha value is -1.10. The van der Waals surface area contributed by atoms with Crippen LogP contribution >= 0.6 is 0 Å². The highest BCUT2D eigenvalue weighted by atomic mass is 16.5. The number of carbonyl (C=O) groups is 2. The average molecular weight is 229 g/mol.